The molecule has 0 bridgehead atoms. The minimum absolute atomic E-state index is 0.0540. The molecule has 1 atom stereocenters. The van der Waals surface area contributed by atoms with Crippen LogP contribution in [-0.4, -0.2) is 31.3 Å². The van der Waals surface area contributed by atoms with Crippen LogP contribution in [0.25, 0.3) is 0 Å². The molecule has 1 aliphatic heterocycles. The van der Waals surface area contributed by atoms with Gasteiger partial charge in [0.15, 0.2) is 11.9 Å². The van der Waals surface area contributed by atoms with Crippen LogP contribution in [0.1, 0.15) is 24.4 Å². The van der Waals surface area contributed by atoms with Gasteiger partial charge in [0.05, 0.1) is 10.6 Å². The molecule has 9 heteroatoms. The molecular formula is C18H15N5O3S. The second-order valence-corrected chi connectivity index (χ2v) is 6.81. The molecule has 2 heterocycles. The smallest absolute Gasteiger partial charge is 0.269 e. The first-order valence-corrected chi connectivity index (χ1v) is 9.23. The molecule has 8 nitrogen and oxygen atoms in total. The van der Waals surface area contributed by atoms with Gasteiger partial charge in [-0.2, -0.15) is 9.78 Å². The summed E-state index contributed by atoms with van der Waals surface area (Å²) in [6.07, 6.45) is -0.339. The summed E-state index contributed by atoms with van der Waals surface area (Å²) in [5, 5.41) is 24.6. The maximum Gasteiger partial charge on any atom is 0.269 e. The molecule has 0 fully saturated rings. The third-order valence-electron chi connectivity index (χ3n) is 4.03. The van der Waals surface area contributed by atoms with E-state index in [1.54, 1.807) is 16.8 Å². The zero-order valence-electron chi connectivity index (χ0n) is 14.3. The summed E-state index contributed by atoms with van der Waals surface area (Å²) in [5.41, 5.74) is 1.68. The number of benzene rings is 2. The Labute approximate surface area is 159 Å². The van der Waals surface area contributed by atoms with E-state index in [0.717, 1.165) is 17.0 Å². The van der Waals surface area contributed by atoms with Crippen LogP contribution in [0, 0.1) is 10.1 Å². The number of fused-ring (bicyclic) bond motifs is 1. The number of hydrogen-bond acceptors (Lipinski definition) is 7. The minimum atomic E-state index is -0.417. The van der Waals surface area contributed by atoms with Gasteiger partial charge in [0, 0.05) is 17.9 Å². The highest BCUT2D eigenvalue weighted by atomic mass is 32.2. The Morgan fingerprint density at radius 3 is 2.59 bits per heavy atom. The van der Waals surface area contributed by atoms with Crippen molar-refractivity contribution in [3.63, 3.8) is 0 Å². The Balaban J connectivity index is 1.61. The number of para-hydroxylation sites is 1. The van der Waals surface area contributed by atoms with E-state index in [9.17, 15) is 10.1 Å². The highest BCUT2D eigenvalue weighted by molar-refractivity contribution is 7.99. The van der Waals surface area contributed by atoms with Crippen LogP contribution in [0.3, 0.4) is 0 Å². The normalized spacial score (nSPS) is 14.2. The summed E-state index contributed by atoms with van der Waals surface area (Å²) in [6, 6.07) is 15.9. The van der Waals surface area contributed by atoms with Gasteiger partial charge in [-0.05, 0) is 36.8 Å². The lowest BCUT2D eigenvalue weighted by molar-refractivity contribution is -0.384. The first-order chi connectivity index (χ1) is 13.1. The van der Waals surface area contributed by atoms with E-state index in [1.165, 1.54) is 23.9 Å². The minimum Gasteiger partial charge on any atom is -0.483 e. The van der Waals surface area contributed by atoms with Crippen molar-refractivity contribution < 1.29 is 9.66 Å². The van der Waals surface area contributed by atoms with Crippen molar-refractivity contribution >= 4 is 23.2 Å². The Morgan fingerprint density at radius 2 is 1.89 bits per heavy atom. The monoisotopic (exact) mass is 381 g/mol. The van der Waals surface area contributed by atoms with E-state index in [4.69, 9.17) is 4.74 Å². The Morgan fingerprint density at radius 1 is 1.15 bits per heavy atom. The maximum atomic E-state index is 10.8. The van der Waals surface area contributed by atoms with Gasteiger partial charge in [0.25, 0.3) is 5.69 Å². The molecule has 0 aliphatic carbocycles. The second-order valence-electron chi connectivity index (χ2n) is 5.87. The molecule has 3 aromatic rings. The van der Waals surface area contributed by atoms with Crippen LogP contribution < -0.4 is 4.74 Å². The van der Waals surface area contributed by atoms with E-state index in [0.29, 0.717) is 16.7 Å². The van der Waals surface area contributed by atoms with Crippen molar-refractivity contribution in [3.8, 4) is 5.75 Å². The Bertz CT molecular complexity index is 1000. The molecule has 4 rings (SSSR count). The zero-order chi connectivity index (χ0) is 18.8. The topological polar surface area (TPSA) is 95.4 Å². The number of non-ortho nitro benzene ring substituents is 1. The second kappa shape index (κ2) is 7.20. The lowest BCUT2D eigenvalue weighted by Crippen LogP contribution is -2.17. The third kappa shape index (κ3) is 3.54. The van der Waals surface area contributed by atoms with Crippen molar-refractivity contribution in [3.05, 3.63) is 76.1 Å². The Hall–Kier alpha value is -3.20. The molecule has 0 saturated carbocycles. The Kier molecular flexibility index (Phi) is 4.59. The fourth-order valence-electron chi connectivity index (χ4n) is 2.67. The molecule has 0 radical (unpaired) electrons. The van der Waals surface area contributed by atoms with Crippen LogP contribution in [-0.2, 0) is 0 Å². The fourth-order valence-corrected chi connectivity index (χ4v) is 3.51. The number of aromatic nitrogens is 3. The number of rotatable bonds is 5. The van der Waals surface area contributed by atoms with Crippen molar-refractivity contribution in [2.75, 3.05) is 5.75 Å². The standard InChI is InChI=1S/C18H15N5O3S/c1-12(26-15-5-3-2-4-6-15)17-19-20-18-22(17)21-16(11-27-18)13-7-9-14(10-8-13)23(24)25/h2-10,12H,11H2,1H3. The van der Waals surface area contributed by atoms with Crippen molar-refractivity contribution in [1.29, 1.82) is 0 Å². The van der Waals surface area contributed by atoms with E-state index >= 15 is 0 Å². The molecule has 1 unspecified atom stereocenters. The summed E-state index contributed by atoms with van der Waals surface area (Å²) >= 11 is 1.52. The summed E-state index contributed by atoms with van der Waals surface area (Å²) < 4.78 is 7.61. The zero-order valence-corrected chi connectivity index (χ0v) is 15.2. The van der Waals surface area contributed by atoms with Gasteiger partial charge < -0.3 is 4.74 Å². The predicted molar refractivity (Wildman–Crippen MR) is 101 cm³/mol. The van der Waals surface area contributed by atoms with Crippen LogP contribution in [0.2, 0.25) is 0 Å². The number of ether oxygens (including phenoxy) is 1. The first-order valence-electron chi connectivity index (χ1n) is 8.24. The predicted octanol–water partition coefficient (Wildman–Crippen LogP) is 3.68. The molecule has 27 heavy (non-hydrogen) atoms. The highest BCUT2D eigenvalue weighted by Crippen LogP contribution is 2.28. The molecule has 0 spiro atoms. The average molecular weight is 381 g/mol. The number of nitro groups is 1. The molecule has 2 aromatic carbocycles. The van der Waals surface area contributed by atoms with Gasteiger partial charge in [-0.15, -0.1) is 10.2 Å². The quantitative estimate of drug-likeness (QED) is 0.494. The van der Waals surface area contributed by atoms with Crippen molar-refractivity contribution in [2.45, 2.75) is 18.2 Å². The number of nitrogens with zero attached hydrogens (tertiary/aromatic N) is 5. The molecule has 0 amide bonds. The molecule has 136 valence electrons. The van der Waals surface area contributed by atoms with Gasteiger partial charge in [0.1, 0.15) is 5.75 Å². The number of thioether (sulfide) groups is 1. The molecule has 0 N–H and O–H groups in total. The number of hydrogen-bond donors (Lipinski definition) is 0. The van der Waals surface area contributed by atoms with Gasteiger partial charge in [-0.25, -0.2) is 0 Å². The molecule has 1 aliphatic rings. The largest absolute Gasteiger partial charge is 0.483 e. The van der Waals surface area contributed by atoms with Crippen LogP contribution in [0.15, 0.2) is 64.9 Å². The SMILES string of the molecule is CC(Oc1ccccc1)c1nnc2n1N=C(c1ccc([N+](=O)[O-])cc1)CS2. The van der Waals surface area contributed by atoms with Gasteiger partial charge in [-0.3, -0.25) is 10.1 Å². The maximum absolute atomic E-state index is 10.8. The first kappa shape index (κ1) is 17.2. The highest BCUT2D eigenvalue weighted by Gasteiger charge is 2.24. The van der Waals surface area contributed by atoms with Gasteiger partial charge >= 0.3 is 0 Å². The van der Waals surface area contributed by atoms with Crippen LogP contribution in [0.5, 0.6) is 5.75 Å². The average Bonchev–Trinajstić information content (AvgIpc) is 3.12. The lowest BCUT2D eigenvalue weighted by Gasteiger charge is -2.17. The molecule has 1 aromatic heterocycles. The van der Waals surface area contributed by atoms with Crippen LogP contribution in [0.4, 0.5) is 5.69 Å². The molecule has 0 saturated heterocycles. The lowest BCUT2D eigenvalue weighted by atomic mass is 10.1. The van der Waals surface area contributed by atoms with E-state index in [1.807, 2.05) is 37.3 Å². The van der Waals surface area contributed by atoms with E-state index in [-0.39, 0.29) is 11.8 Å². The number of nitro benzene ring substituents is 1. The fraction of sp³-hybridized carbons (Fsp3) is 0.167. The van der Waals surface area contributed by atoms with Crippen LogP contribution >= 0.6 is 11.8 Å². The summed E-state index contributed by atoms with van der Waals surface area (Å²) in [4.78, 5) is 10.4. The summed E-state index contributed by atoms with van der Waals surface area (Å²) in [7, 11) is 0. The van der Waals surface area contributed by atoms with E-state index in [2.05, 4.69) is 15.3 Å². The van der Waals surface area contributed by atoms with Crippen molar-refractivity contribution in [1.82, 2.24) is 14.9 Å². The van der Waals surface area contributed by atoms with Gasteiger partial charge in [0.2, 0.25) is 5.16 Å². The van der Waals surface area contributed by atoms with Gasteiger partial charge in [-0.1, -0.05) is 30.0 Å². The van der Waals surface area contributed by atoms with E-state index < -0.39 is 4.92 Å². The third-order valence-corrected chi connectivity index (χ3v) is 4.96. The molecular weight excluding hydrogens is 366 g/mol. The summed E-state index contributed by atoms with van der Waals surface area (Å²) in [6.45, 7) is 1.89. The van der Waals surface area contributed by atoms with Crippen molar-refractivity contribution in [2.24, 2.45) is 5.10 Å². The summed E-state index contributed by atoms with van der Waals surface area (Å²) in [5.74, 6) is 1.95.